The summed E-state index contributed by atoms with van der Waals surface area (Å²) in [5.74, 6) is 1.92. The first kappa shape index (κ1) is 31.4. The zero-order valence-electron chi connectivity index (χ0n) is 29.1. The van der Waals surface area contributed by atoms with Gasteiger partial charge in [0.15, 0.2) is 17.5 Å². The van der Waals surface area contributed by atoms with Crippen LogP contribution in [0.25, 0.3) is 100 Å². The molecule has 0 spiro atoms. The number of hydrogen-bond acceptors (Lipinski definition) is 5. The molecule has 0 bridgehead atoms. The molecule has 0 saturated heterocycles. The molecular formula is C49H31N5. The molecule has 5 heteroatoms. The number of aromatic nitrogens is 5. The molecule has 252 valence electrons. The van der Waals surface area contributed by atoms with E-state index >= 15 is 0 Å². The fourth-order valence-corrected chi connectivity index (χ4v) is 7.22. The lowest BCUT2D eigenvalue weighted by atomic mass is 9.93. The predicted octanol–water partition coefficient (Wildman–Crippen LogP) is 12.1. The molecule has 7 aromatic carbocycles. The minimum absolute atomic E-state index is 0.635. The number of nitrogens with zero attached hydrogens (tertiary/aromatic N) is 5. The van der Waals surface area contributed by atoms with E-state index in [0.717, 1.165) is 82.9 Å². The molecule has 0 aliphatic carbocycles. The first-order valence-corrected chi connectivity index (χ1v) is 18.0. The number of benzene rings is 7. The third kappa shape index (κ3) is 5.74. The van der Waals surface area contributed by atoms with Gasteiger partial charge in [0.25, 0.3) is 0 Å². The predicted molar refractivity (Wildman–Crippen MR) is 221 cm³/mol. The van der Waals surface area contributed by atoms with E-state index in [4.69, 9.17) is 24.9 Å². The Balaban J connectivity index is 1.08. The second-order valence-electron chi connectivity index (χ2n) is 13.3. The van der Waals surface area contributed by atoms with Crippen LogP contribution in [0.3, 0.4) is 0 Å². The average Bonchev–Trinajstić information content (AvgIpc) is 3.26. The Bertz CT molecular complexity index is 2920. The van der Waals surface area contributed by atoms with E-state index in [1.807, 2.05) is 78.9 Å². The van der Waals surface area contributed by atoms with E-state index in [-0.39, 0.29) is 0 Å². The van der Waals surface area contributed by atoms with Crippen LogP contribution in [-0.2, 0) is 0 Å². The van der Waals surface area contributed by atoms with Crippen molar-refractivity contribution in [2.24, 2.45) is 0 Å². The largest absolute Gasteiger partial charge is 0.245 e. The van der Waals surface area contributed by atoms with Gasteiger partial charge in [0.2, 0.25) is 0 Å². The molecule has 0 aliphatic rings. The van der Waals surface area contributed by atoms with Crippen molar-refractivity contribution < 1.29 is 0 Å². The van der Waals surface area contributed by atoms with Gasteiger partial charge in [0.1, 0.15) is 0 Å². The third-order valence-electron chi connectivity index (χ3n) is 9.92. The Morgan fingerprint density at radius 1 is 0.259 bits per heavy atom. The second kappa shape index (κ2) is 13.3. The Labute approximate surface area is 312 Å². The summed E-state index contributed by atoms with van der Waals surface area (Å²) in [6.45, 7) is 0. The molecule has 10 aromatic rings. The van der Waals surface area contributed by atoms with Crippen molar-refractivity contribution in [3.63, 3.8) is 0 Å². The molecule has 0 saturated carbocycles. The monoisotopic (exact) mass is 689 g/mol. The van der Waals surface area contributed by atoms with E-state index in [1.54, 1.807) is 0 Å². The van der Waals surface area contributed by atoms with Crippen LogP contribution in [0.1, 0.15) is 0 Å². The normalized spacial score (nSPS) is 11.3. The molecule has 0 radical (unpaired) electrons. The third-order valence-corrected chi connectivity index (χ3v) is 9.92. The van der Waals surface area contributed by atoms with Gasteiger partial charge in [-0.25, -0.2) is 24.9 Å². The fraction of sp³-hybridized carbons (Fsp3) is 0. The van der Waals surface area contributed by atoms with Crippen LogP contribution in [-0.4, -0.2) is 24.9 Å². The number of hydrogen-bond donors (Lipinski definition) is 0. The lowest BCUT2D eigenvalue weighted by Crippen LogP contribution is -2.00. The van der Waals surface area contributed by atoms with Crippen LogP contribution in [0.4, 0.5) is 0 Å². The highest BCUT2D eigenvalue weighted by atomic mass is 15.0. The molecule has 5 nitrogen and oxygen atoms in total. The van der Waals surface area contributed by atoms with Crippen LogP contribution in [0.5, 0.6) is 0 Å². The van der Waals surface area contributed by atoms with Gasteiger partial charge >= 0.3 is 0 Å². The molecule has 10 rings (SSSR count). The van der Waals surface area contributed by atoms with Crippen molar-refractivity contribution in [1.82, 2.24) is 24.9 Å². The minimum atomic E-state index is 0.635. The first-order chi connectivity index (χ1) is 26.7. The van der Waals surface area contributed by atoms with Crippen LogP contribution in [0.2, 0.25) is 0 Å². The van der Waals surface area contributed by atoms with Crippen LogP contribution < -0.4 is 0 Å². The Kier molecular flexibility index (Phi) is 7.73. The molecule has 0 amide bonds. The Morgan fingerprint density at radius 2 is 0.685 bits per heavy atom. The van der Waals surface area contributed by atoms with Gasteiger partial charge in [0.05, 0.1) is 22.4 Å². The van der Waals surface area contributed by atoms with Crippen molar-refractivity contribution in [2.75, 3.05) is 0 Å². The standard InChI is InChI=1S/C49H31N5/c1-4-13-32(14-5-1)43-29-25-33-23-24-34-26-30-44(51-46(34)45(33)50-43)38-20-12-19-37(31-38)39-27-28-42(41-22-11-10-21-40(39)41)49-53-47(35-15-6-2-7-16-35)52-48(54-49)36-17-8-3-9-18-36/h1-31H. The molecule has 3 aromatic heterocycles. The molecule has 0 atom stereocenters. The summed E-state index contributed by atoms with van der Waals surface area (Å²) < 4.78 is 0. The van der Waals surface area contributed by atoms with Crippen molar-refractivity contribution in [3.8, 4) is 67.8 Å². The summed E-state index contributed by atoms with van der Waals surface area (Å²) in [6.07, 6.45) is 0. The maximum absolute atomic E-state index is 5.24. The number of pyridine rings is 2. The molecular weight excluding hydrogens is 659 g/mol. The zero-order valence-corrected chi connectivity index (χ0v) is 29.1. The highest BCUT2D eigenvalue weighted by Crippen LogP contribution is 2.37. The number of fused-ring (bicyclic) bond motifs is 4. The van der Waals surface area contributed by atoms with Crippen LogP contribution >= 0.6 is 0 Å². The van der Waals surface area contributed by atoms with Gasteiger partial charge in [-0.05, 0) is 46.2 Å². The molecule has 0 fully saturated rings. The summed E-state index contributed by atoms with van der Waals surface area (Å²) >= 11 is 0. The minimum Gasteiger partial charge on any atom is -0.245 e. The van der Waals surface area contributed by atoms with Crippen molar-refractivity contribution in [1.29, 1.82) is 0 Å². The SMILES string of the molecule is c1ccc(-c2ccc3ccc4ccc(-c5cccc(-c6ccc(-c7nc(-c8ccccc8)nc(-c8ccccc8)n7)c7ccccc67)c5)nc4c3n2)cc1. The lowest BCUT2D eigenvalue weighted by Gasteiger charge is -2.14. The zero-order chi connectivity index (χ0) is 35.8. The van der Waals surface area contributed by atoms with Gasteiger partial charge < -0.3 is 0 Å². The van der Waals surface area contributed by atoms with Gasteiger partial charge in [-0.1, -0.05) is 164 Å². The summed E-state index contributed by atoms with van der Waals surface area (Å²) in [4.78, 5) is 25.3. The van der Waals surface area contributed by atoms with E-state index in [0.29, 0.717) is 17.5 Å². The van der Waals surface area contributed by atoms with Gasteiger partial charge in [-0.3, -0.25) is 0 Å². The average molecular weight is 690 g/mol. The van der Waals surface area contributed by atoms with Gasteiger partial charge in [0, 0.05) is 38.6 Å². The van der Waals surface area contributed by atoms with Crippen molar-refractivity contribution in [3.05, 3.63) is 188 Å². The Hall–Kier alpha value is -7.37. The molecule has 0 unspecified atom stereocenters. The number of rotatable bonds is 6. The molecule has 0 aliphatic heterocycles. The Morgan fingerprint density at radius 3 is 1.28 bits per heavy atom. The smallest absolute Gasteiger partial charge is 0.164 e. The quantitative estimate of drug-likeness (QED) is 0.163. The lowest BCUT2D eigenvalue weighted by molar-refractivity contribution is 1.08. The highest BCUT2D eigenvalue weighted by Gasteiger charge is 2.17. The first-order valence-electron chi connectivity index (χ1n) is 18.0. The summed E-state index contributed by atoms with van der Waals surface area (Å²) in [5.41, 5.74) is 10.8. The summed E-state index contributed by atoms with van der Waals surface area (Å²) in [5, 5.41) is 4.31. The van der Waals surface area contributed by atoms with E-state index in [2.05, 4.69) is 109 Å². The van der Waals surface area contributed by atoms with E-state index in [1.165, 1.54) is 0 Å². The summed E-state index contributed by atoms with van der Waals surface area (Å²) in [7, 11) is 0. The van der Waals surface area contributed by atoms with Crippen molar-refractivity contribution >= 4 is 32.6 Å². The van der Waals surface area contributed by atoms with E-state index in [9.17, 15) is 0 Å². The molecule has 0 N–H and O–H groups in total. The maximum atomic E-state index is 5.24. The van der Waals surface area contributed by atoms with Crippen LogP contribution in [0, 0.1) is 0 Å². The fourth-order valence-electron chi connectivity index (χ4n) is 7.22. The maximum Gasteiger partial charge on any atom is 0.164 e. The topological polar surface area (TPSA) is 64.5 Å². The molecule has 3 heterocycles. The van der Waals surface area contributed by atoms with Crippen LogP contribution in [0.15, 0.2) is 188 Å². The van der Waals surface area contributed by atoms with Gasteiger partial charge in [-0.2, -0.15) is 0 Å². The van der Waals surface area contributed by atoms with Crippen molar-refractivity contribution in [2.45, 2.75) is 0 Å². The van der Waals surface area contributed by atoms with E-state index < -0.39 is 0 Å². The second-order valence-corrected chi connectivity index (χ2v) is 13.3. The highest BCUT2D eigenvalue weighted by molar-refractivity contribution is 6.06. The van der Waals surface area contributed by atoms with Gasteiger partial charge in [-0.15, -0.1) is 0 Å². The molecule has 54 heavy (non-hydrogen) atoms. The summed E-state index contributed by atoms with van der Waals surface area (Å²) in [6, 6.07) is 64.6.